The molecule has 1 fully saturated rings. The topological polar surface area (TPSA) is 12.0 Å². The summed E-state index contributed by atoms with van der Waals surface area (Å²) in [6, 6.07) is 9.62. The third kappa shape index (κ3) is 3.51. The highest BCUT2D eigenvalue weighted by atomic mass is 14.9. The van der Waals surface area contributed by atoms with E-state index in [1.807, 2.05) is 0 Å². The lowest BCUT2D eigenvalue weighted by Crippen LogP contribution is -2.27. The fourth-order valence-corrected chi connectivity index (χ4v) is 3.00. The summed E-state index contributed by atoms with van der Waals surface area (Å²) in [4.78, 5) is 0. The molecule has 1 aliphatic carbocycles. The normalized spacial score (nSPS) is 24.2. The predicted molar refractivity (Wildman–Crippen MR) is 80.0 cm³/mol. The molecule has 1 aromatic carbocycles. The molecule has 0 amide bonds. The number of hydrogen-bond donors (Lipinski definition) is 1. The van der Waals surface area contributed by atoms with E-state index in [4.69, 9.17) is 0 Å². The first-order chi connectivity index (χ1) is 8.69. The molecule has 100 valence electrons. The van der Waals surface area contributed by atoms with Crippen molar-refractivity contribution in [2.45, 2.75) is 58.9 Å². The molecule has 0 heterocycles. The van der Waals surface area contributed by atoms with Gasteiger partial charge in [0.15, 0.2) is 0 Å². The molecule has 0 bridgehead atoms. The van der Waals surface area contributed by atoms with Crippen molar-refractivity contribution < 1.29 is 0 Å². The van der Waals surface area contributed by atoms with Crippen LogP contribution < -0.4 is 5.32 Å². The summed E-state index contributed by atoms with van der Waals surface area (Å²) in [5.41, 5.74) is 2.71. The first-order valence-corrected chi connectivity index (χ1v) is 7.54. The fraction of sp³-hybridized carbons (Fsp3) is 0.647. The Balaban J connectivity index is 1.83. The Labute approximate surface area is 112 Å². The Kier molecular flexibility index (Phi) is 4.68. The monoisotopic (exact) mass is 245 g/mol. The largest absolute Gasteiger partial charge is 0.382 e. The molecule has 0 saturated heterocycles. The van der Waals surface area contributed by atoms with Gasteiger partial charge in [0.25, 0.3) is 0 Å². The van der Waals surface area contributed by atoms with Crippen molar-refractivity contribution in [3.05, 3.63) is 29.8 Å². The molecule has 0 spiro atoms. The van der Waals surface area contributed by atoms with Gasteiger partial charge in [0, 0.05) is 11.7 Å². The number of aryl methyl sites for hydroxylation is 1. The molecule has 2 rings (SSSR count). The number of anilines is 1. The Morgan fingerprint density at radius 3 is 2.17 bits per heavy atom. The molecule has 0 atom stereocenters. The van der Waals surface area contributed by atoms with Gasteiger partial charge >= 0.3 is 0 Å². The molecule has 1 nitrogen and oxygen atoms in total. The van der Waals surface area contributed by atoms with Gasteiger partial charge in [-0.25, -0.2) is 0 Å². The molecule has 18 heavy (non-hydrogen) atoms. The van der Waals surface area contributed by atoms with Crippen LogP contribution in [0.1, 0.15) is 52.0 Å². The van der Waals surface area contributed by atoms with Crippen LogP contribution in [0.25, 0.3) is 0 Å². The Bertz CT molecular complexity index is 344. The average Bonchev–Trinajstić information content (AvgIpc) is 2.40. The average molecular weight is 245 g/mol. The zero-order chi connectivity index (χ0) is 13.0. The van der Waals surface area contributed by atoms with Crippen molar-refractivity contribution in [3.63, 3.8) is 0 Å². The molecule has 0 aliphatic heterocycles. The minimum Gasteiger partial charge on any atom is -0.382 e. The molecular weight excluding hydrogens is 218 g/mol. The van der Waals surface area contributed by atoms with E-state index in [-0.39, 0.29) is 0 Å². The minimum absolute atomic E-state index is 0.687. The maximum atomic E-state index is 3.69. The van der Waals surface area contributed by atoms with Gasteiger partial charge in [-0.1, -0.05) is 32.9 Å². The zero-order valence-electron chi connectivity index (χ0n) is 12.1. The Morgan fingerprint density at radius 1 is 1.06 bits per heavy atom. The molecule has 1 aliphatic rings. The van der Waals surface area contributed by atoms with E-state index < -0.39 is 0 Å². The van der Waals surface area contributed by atoms with E-state index in [1.54, 1.807) is 0 Å². The summed E-state index contributed by atoms with van der Waals surface area (Å²) >= 11 is 0. The maximum absolute atomic E-state index is 3.69. The highest BCUT2D eigenvalue weighted by Gasteiger charge is 2.22. The van der Waals surface area contributed by atoms with Crippen LogP contribution in [0.3, 0.4) is 0 Å². The standard InChI is InChI=1S/C17H27N/c1-4-14-5-9-16(10-6-14)18-17-11-7-15(8-12-17)13(2)3/h5-6,9-10,13,15,17-18H,4,7-8,11-12H2,1-3H3. The molecule has 1 N–H and O–H groups in total. The van der Waals surface area contributed by atoms with Gasteiger partial charge in [0.05, 0.1) is 0 Å². The van der Waals surface area contributed by atoms with Crippen LogP contribution in [0, 0.1) is 11.8 Å². The van der Waals surface area contributed by atoms with Crippen LogP contribution in [-0.2, 0) is 6.42 Å². The third-order valence-corrected chi connectivity index (χ3v) is 4.45. The Morgan fingerprint density at radius 2 is 1.67 bits per heavy atom. The third-order valence-electron chi connectivity index (χ3n) is 4.45. The van der Waals surface area contributed by atoms with E-state index in [1.165, 1.54) is 36.9 Å². The van der Waals surface area contributed by atoms with Crippen molar-refractivity contribution >= 4 is 5.69 Å². The van der Waals surface area contributed by atoms with E-state index in [2.05, 4.69) is 50.4 Å². The second-order valence-corrected chi connectivity index (χ2v) is 6.05. The fourth-order valence-electron chi connectivity index (χ4n) is 3.00. The number of benzene rings is 1. The second kappa shape index (κ2) is 6.26. The van der Waals surface area contributed by atoms with Gasteiger partial charge < -0.3 is 5.32 Å². The lowest BCUT2D eigenvalue weighted by molar-refractivity contribution is 0.267. The Hall–Kier alpha value is -0.980. The summed E-state index contributed by atoms with van der Waals surface area (Å²) in [5, 5.41) is 3.69. The highest BCUT2D eigenvalue weighted by molar-refractivity contribution is 5.45. The lowest BCUT2D eigenvalue weighted by Gasteiger charge is -2.31. The number of hydrogen-bond acceptors (Lipinski definition) is 1. The van der Waals surface area contributed by atoms with Crippen LogP contribution in [0.15, 0.2) is 24.3 Å². The van der Waals surface area contributed by atoms with Gasteiger partial charge in [0.2, 0.25) is 0 Å². The van der Waals surface area contributed by atoms with Gasteiger partial charge in [-0.15, -0.1) is 0 Å². The first kappa shape index (κ1) is 13.5. The van der Waals surface area contributed by atoms with Crippen LogP contribution in [0.4, 0.5) is 5.69 Å². The van der Waals surface area contributed by atoms with Gasteiger partial charge in [-0.2, -0.15) is 0 Å². The summed E-state index contributed by atoms with van der Waals surface area (Å²) in [6.07, 6.45) is 6.57. The molecule has 1 saturated carbocycles. The van der Waals surface area contributed by atoms with Gasteiger partial charge in [-0.3, -0.25) is 0 Å². The minimum atomic E-state index is 0.687. The molecule has 1 heteroatoms. The summed E-state index contributed by atoms with van der Waals surface area (Å²) in [5.74, 6) is 1.81. The zero-order valence-corrected chi connectivity index (χ0v) is 12.1. The van der Waals surface area contributed by atoms with Crippen LogP contribution in [-0.4, -0.2) is 6.04 Å². The summed E-state index contributed by atoms with van der Waals surface area (Å²) in [6.45, 7) is 6.93. The number of rotatable bonds is 4. The molecule has 0 unspecified atom stereocenters. The van der Waals surface area contributed by atoms with E-state index >= 15 is 0 Å². The molecular formula is C17H27N. The first-order valence-electron chi connectivity index (χ1n) is 7.54. The SMILES string of the molecule is CCc1ccc(NC2CCC(C(C)C)CC2)cc1. The molecule has 0 aromatic heterocycles. The highest BCUT2D eigenvalue weighted by Crippen LogP contribution is 2.31. The molecule has 0 radical (unpaired) electrons. The summed E-state index contributed by atoms with van der Waals surface area (Å²) in [7, 11) is 0. The van der Waals surface area contributed by atoms with Crippen LogP contribution >= 0.6 is 0 Å². The van der Waals surface area contributed by atoms with Crippen LogP contribution in [0.2, 0.25) is 0 Å². The smallest absolute Gasteiger partial charge is 0.0342 e. The van der Waals surface area contributed by atoms with E-state index in [9.17, 15) is 0 Å². The van der Waals surface area contributed by atoms with Crippen molar-refractivity contribution in [2.24, 2.45) is 11.8 Å². The van der Waals surface area contributed by atoms with Crippen molar-refractivity contribution in [3.8, 4) is 0 Å². The molecule has 1 aromatic rings. The number of nitrogens with one attached hydrogen (secondary N) is 1. The maximum Gasteiger partial charge on any atom is 0.0342 e. The second-order valence-electron chi connectivity index (χ2n) is 6.05. The summed E-state index contributed by atoms with van der Waals surface area (Å²) < 4.78 is 0. The van der Waals surface area contributed by atoms with Crippen molar-refractivity contribution in [2.75, 3.05) is 5.32 Å². The quantitative estimate of drug-likeness (QED) is 0.797. The van der Waals surface area contributed by atoms with E-state index in [0.717, 1.165) is 18.3 Å². The lowest BCUT2D eigenvalue weighted by atomic mass is 9.79. The van der Waals surface area contributed by atoms with Crippen LogP contribution in [0.5, 0.6) is 0 Å². The van der Waals surface area contributed by atoms with Gasteiger partial charge in [0.1, 0.15) is 0 Å². The van der Waals surface area contributed by atoms with E-state index in [0.29, 0.717) is 6.04 Å². The van der Waals surface area contributed by atoms with Crippen molar-refractivity contribution in [1.82, 2.24) is 0 Å². The predicted octanol–water partition coefficient (Wildman–Crippen LogP) is 4.88. The van der Waals surface area contributed by atoms with Crippen molar-refractivity contribution in [1.29, 1.82) is 0 Å². The van der Waals surface area contributed by atoms with Gasteiger partial charge in [-0.05, 0) is 61.6 Å².